The van der Waals surface area contributed by atoms with Gasteiger partial charge in [-0.2, -0.15) is 5.26 Å². The van der Waals surface area contributed by atoms with Crippen LogP contribution in [0.2, 0.25) is 0 Å². The average molecular weight is 224 g/mol. The molecule has 0 aromatic heterocycles. The smallest absolute Gasteiger partial charge is 0.0998 e. The second-order valence-corrected chi connectivity index (χ2v) is 3.54. The molecule has 0 atom stereocenters. The van der Waals surface area contributed by atoms with Crippen LogP contribution in [0, 0.1) is 11.3 Å². The van der Waals surface area contributed by atoms with Gasteiger partial charge in [-0.15, -0.1) is 13.2 Å². The van der Waals surface area contributed by atoms with Crippen molar-refractivity contribution in [2.75, 3.05) is 18.0 Å². The van der Waals surface area contributed by atoms with Gasteiger partial charge in [0.2, 0.25) is 0 Å². The summed E-state index contributed by atoms with van der Waals surface area (Å²) in [7, 11) is 0. The number of hydrogen-bond donors (Lipinski definition) is 0. The first-order valence-electron chi connectivity index (χ1n) is 5.40. The lowest BCUT2D eigenvalue weighted by Gasteiger charge is -2.24. The molecular formula is C15H16N2. The molecule has 0 bridgehead atoms. The Balaban J connectivity index is 3.26. The first-order valence-corrected chi connectivity index (χ1v) is 5.40. The zero-order valence-corrected chi connectivity index (χ0v) is 9.89. The van der Waals surface area contributed by atoms with Gasteiger partial charge in [0.1, 0.15) is 0 Å². The maximum absolute atomic E-state index is 9.06. The third kappa shape index (κ3) is 2.85. The van der Waals surface area contributed by atoms with Crippen molar-refractivity contribution in [1.29, 1.82) is 5.26 Å². The highest BCUT2D eigenvalue weighted by Crippen LogP contribution is 2.24. The van der Waals surface area contributed by atoms with Crippen molar-refractivity contribution < 1.29 is 0 Å². The largest absolute Gasteiger partial charge is 0.364 e. The van der Waals surface area contributed by atoms with Crippen LogP contribution in [0.3, 0.4) is 0 Å². The minimum absolute atomic E-state index is 0.635. The van der Waals surface area contributed by atoms with Gasteiger partial charge in [-0.05, 0) is 12.1 Å². The highest BCUT2D eigenvalue weighted by molar-refractivity contribution is 5.72. The number of benzene rings is 1. The molecule has 0 amide bonds. The summed E-state index contributed by atoms with van der Waals surface area (Å²) in [5.41, 5.74) is 2.48. The van der Waals surface area contributed by atoms with Crippen LogP contribution in [0.15, 0.2) is 50.1 Å². The number of nitriles is 1. The zero-order chi connectivity index (χ0) is 12.7. The molecular weight excluding hydrogens is 208 g/mol. The lowest BCUT2D eigenvalue weighted by molar-refractivity contribution is 0.954. The number of hydrogen-bond acceptors (Lipinski definition) is 2. The summed E-state index contributed by atoms with van der Waals surface area (Å²) in [6.07, 6.45) is 5.37. The van der Waals surface area contributed by atoms with E-state index in [0.717, 1.165) is 11.3 Å². The Hall–Kier alpha value is -2.27. The number of rotatable bonds is 6. The predicted molar refractivity (Wildman–Crippen MR) is 73.9 cm³/mol. The second-order valence-electron chi connectivity index (χ2n) is 3.54. The minimum Gasteiger partial charge on any atom is -0.364 e. The zero-order valence-electron chi connectivity index (χ0n) is 9.89. The van der Waals surface area contributed by atoms with Gasteiger partial charge in [-0.3, -0.25) is 0 Å². The normalized spacial score (nSPS) is 9.12. The molecule has 86 valence electrons. The van der Waals surface area contributed by atoms with E-state index in [4.69, 9.17) is 5.26 Å². The molecule has 0 aliphatic carbocycles. The first kappa shape index (κ1) is 12.8. The van der Waals surface area contributed by atoms with Crippen molar-refractivity contribution in [2.45, 2.75) is 0 Å². The van der Waals surface area contributed by atoms with Crippen molar-refractivity contribution in [3.63, 3.8) is 0 Å². The average Bonchev–Trinajstić information content (AvgIpc) is 2.37. The number of anilines is 1. The van der Waals surface area contributed by atoms with Crippen LogP contribution in [0.4, 0.5) is 5.69 Å². The third-order valence-electron chi connectivity index (χ3n) is 2.45. The molecule has 2 heteroatoms. The lowest BCUT2D eigenvalue weighted by Crippen LogP contribution is -2.24. The van der Waals surface area contributed by atoms with Crippen molar-refractivity contribution in [3.8, 4) is 6.07 Å². The molecule has 1 rings (SSSR count). The maximum atomic E-state index is 9.06. The molecule has 0 saturated carbocycles. The molecule has 2 nitrogen and oxygen atoms in total. The molecule has 0 radical (unpaired) electrons. The summed E-state index contributed by atoms with van der Waals surface area (Å²) < 4.78 is 0. The molecule has 0 unspecified atom stereocenters. The van der Waals surface area contributed by atoms with Gasteiger partial charge in [0.05, 0.1) is 11.6 Å². The van der Waals surface area contributed by atoms with Crippen LogP contribution in [-0.4, -0.2) is 13.1 Å². The van der Waals surface area contributed by atoms with E-state index in [9.17, 15) is 0 Å². The second kappa shape index (κ2) is 6.34. The molecule has 0 heterocycles. The van der Waals surface area contributed by atoms with E-state index in [1.807, 2.05) is 24.3 Å². The molecule has 0 aliphatic rings. The standard InChI is InChI=1S/C15H16N2/c1-4-10-17(11-5-2)15-9-7-8-13(12-16)14(15)6-3/h4-9H,1-3,10-11H2. The summed E-state index contributed by atoms with van der Waals surface area (Å²) in [4.78, 5) is 2.10. The molecule has 1 aromatic rings. The van der Waals surface area contributed by atoms with Crippen LogP contribution in [0.5, 0.6) is 0 Å². The van der Waals surface area contributed by atoms with Gasteiger partial charge >= 0.3 is 0 Å². The van der Waals surface area contributed by atoms with E-state index in [2.05, 4.69) is 30.7 Å². The Labute approximate surface area is 103 Å². The van der Waals surface area contributed by atoms with Crippen LogP contribution in [0.25, 0.3) is 6.08 Å². The van der Waals surface area contributed by atoms with E-state index in [1.165, 1.54) is 0 Å². The first-order chi connectivity index (χ1) is 8.28. The van der Waals surface area contributed by atoms with E-state index in [-0.39, 0.29) is 0 Å². The monoisotopic (exact) mass is 224 g/mol. The van der Waals surface area contributed by atoms with Crippen LogP contribution >= 0.6 is 0 Å². The molecule has 0 N–H and O–H groups in total. The minimum atomic E-state index is 0.635. The highest BCUT2D eigenvalue weighted by Gasteiger charge is 2.10. The Bertz CT molecular complexity index is 456. The molecule has 0 saturated heterocycles. The fourth-order valence-electron chi connectivity index (χ4n) is 1.72. The van der Waals surface area contributed by atoms with Crippen LogP contribution in [0.1, 0.15) is 11.1 Å². The summed E-state index contributed by atoms with van der Waals surface area (Å²) in [6, 6.07) is 7.82. The van der Waals surface area contributed by atoms with Gasteiger partial charge in [0.15, 0.2) is 0 Å². The van der Waals surface area contributed by atoms with Gasteiger partial charge in [-0.25, -0.2) is 0 Å². The Morgan fingerprint density at radius 2 is 1.82 bits per heavy atom. The molecule has 1 aromatic carbocycles. The molecule has 0 aliphatic heterocycles. The lowest BCUT2D eigenvalue weighted by atomic mass is 10.1. The summed E-state index contributed by atoms with van der Waals surface area (Å²) in [5.74, 6) is 0. The maximum Gasteiger partial charge on any atom is 0.0998 e. The van der Waals surface area contributed by atoms with Gasteiger partial charge in [0, 0.05) is 24.3 Å². The fraction of sp³-hybridized carbons (Fsp3) is 0.133. The summed E-state index contributed by atoms with van der Waals surface area (Å²) >= 11 is 0. The molecule has 0 fully saturated rings. The molecule has 0 spiro atoms. The van der Waals surface area contributed by atoms with Crippen molar-refractivity contribution >= 4 is 11.8 Å². The number of nitrogens with zero attached hydrogens (tertiary/aromatic N) is 2. The summed E-state index contributed by atoms with van der Waals surface area (Å²) in [6.45, 7) is 12.7. The van der Waals surface area contributed by atoms with Gasteiger partial charge in [0.25, 0.3) is 0 Å². The Morgan fingerprint density at radius 3 is 2.29 bits per heavy atom. The van der Waals surface area contributed by atoms with Gasteiger partial charge < -0.3 is 4.90 Å². The van der Waals surface area contributed by atoms with Crippen molar-refractivity contribution in [3.05, 3.63) is 61.2 Å². The Morgan fingerprint density at radius 1 is 1.18 bits per heavy atom. The SMILES string of the molecule is C=CCN(CC=C)c1cccc(C#N)c1C=C. The topological polar surface area (TPSA) is 27.0 Å². The van der Waals surface area contributed by atoms with Crippen LogP contribution < -0.4 is 4.90 Å². The van der Waals surface area contributed by atoms with E-state index < -0.39 is 0 Å². The van der Waals surface area contributed by atoms with Gasteiger partial charge in [-0.1, -0.05) is 30.9 Å². The Kier molecular flexibility index (Phi) is 4.77. The van der Waals surface area contributed by atoms with Crippen LogP contribution in [-0.2, 0) is 0 Å². The fourth-order valence-corrected chi connectivity index (χ4v) is 1.72. The molecule has 17 heavy (non-hydrogen) atoms. The predicted octanol–water partition coefficient (Wildman–Crippen LogP) is 3.38. The highest BCUT2D eigenvalue weighted by atomic mass is 15.1. The van der Waals surface area contributed by atoms with E-state index >= 15 is 0 Å². The van der Waals surface area contributed by atoms with E-state index in [0.29, 0.717) is 18.7 Å². The van der Waals surface area contributed by atoms with Crippen molar-refractivity contribution in [1.82, 2.24) is 0 Å². The third-order valence-corrected chi connectivity index (χ3v) is 2.45. The quantitative estimate of drug-likeness (QED) is 0.693. The summed E-state index contributed by atoms with van der Waals surface area (Å²) in [5, 5.41) is 9.06. The van der Waals surface area contributed by atoms with E-state index in [1.54, 1.807) is 12.1 Å². The van der Waals surface area contributed by atoms with Crippen molar-refractivity contribution in [2.24, 2.45) is 0 Å².